The van der Waals surface area contributed by atoms with Gasteiger partial charge in [0.25, 0.3) is 0 Å². The van der Waals surface area contributed by atoms with E-state index in [-0.39, 0.29) is 12.0 Å². The number of hydrogen-bond donors (Lipinski definition) is 1. The van der Waals surface area contributed by atoms with Crippen molar-refractivity contribution in [3.05, 3.63) is 70.9 Å². The topological polar surface area (TPSA) is 30.9 Å². The van der Waals surface area contributed by atoms with Crippen molar-refractivity contribution < 1.29 is 0 Å². The van der Waals surface area contributed by atoms with Crippen LogP contribution in [0.5, 0.6) is 0 Å². The lowest BCUT2D eigenvalue weighted by Crippen LogP contribution is -2.26. The second-order valence-corrected chi connectivity index (χ2v) is 6.45. The maximum Gasteiger partial charge on any atom is 0.0480 e. The Balaban J connectivity index is 2.01. The van der Waals surface area contributed by atoms with Gasteiger partial charge >= 0.3 is 0 Å². The standard InChI is InChI=1S/C19H21ClN2/c1-13(21)17(11-14-7-9-15(20)10-8-14)18-12-22(2)19-6-4-3-5-16(18)19/h3-10,12-13,17H,11,21H2,1-2H3/t13-,17-/m1/s1. The largest absolute Gasteiger partial charge is 0.350 e. The summed E-state index contributed by atoms with van der Waals surface area (Å²) in [5, 5.41) is 2.06. The second-order valence-electron chi connectivity index (χ2n) is 6.01. The molecule has 22 heavy (non-hydrogen) atoms. The van der Waals surface area contributed by atoms with Crippen molar-refractivity contribution in [3.8, 4) is 0 Å². The molecule has 0 aliphatic rings. The number of nitrogens with zero attached hydrogens (tertiary/aromatic N) is 1. The Morgan fingerprint density at radius 1 is 1.09 bits per heavy atom. The van der Waals surface area contributed by atoms with Crippen molar-refractivity contribution in [1.29, 1.82) is 0 Å². The molecule has 114 valence electrons. The summed E-state index contributed by atoms with van der Waals surface area (Å²) in [4.78, 5) is 0. The van der Waals surface area contributed by atoms with Crippen molar-refractivity contribution in [2.24, 2.45) is 12.8 Å². The van der Waals surface area contributed by atoms with Gasteiger partial charge < -0.3 is 10.3 Å². The van der Waals surface area contributed by atoms with E-state index in [1.165, 1.54) is 22.0 Å². The highest BCUT2D eigenvalue weighted by Crippen LogP contribution is 2.31. The molecule has 2 N–H and O–H groups in total. The minimum atomic E-state index is 0.0847. The van der Waals surface area contributed by atoms with Crippen LogP contribution >= 0.6 is 11.6 Å². The highest BCUT2D eigenvalue weighted by atomic mass is 35.5. The van der Waals surface area contributed by atoms with Gasteiger partial charge in [0.2, 0.25) is 0 Å². The number of aryl methyl sites for hydroxylation is 1. The van der Waals surface area contributed by atoms with E-state index in [2.05, 4.69) is 61.1 Å². The zero-order chi connectivity index (χ0) is 15.7. The summed E-state index contributed by atoms with van der Waals surface area (Å²) in [5.74, 6) is 0.285. The van der Waals surface area contributed by atoms with Crippen LogP contribution in [0.15, 0.2) is 54.7 Å². The van der Waals surface area contributed by atoms with Crippen LogP contribution in [0.2, 0.25) is 5.02 Å². The number of rotatable bonds is 4. The van der Waals surface area contributed by atoms with Crippen LogP contribution in [0.3, 0.4) is 0 Å². The molecule has 0 spiro atoms. The van der Waals surface area contributed by atoms with Gasteiger partial charge in [-0.05, 0) is 42.7 Å². The van der Waals surface area contributed by atoms with Gasteiger partial charge in [-0.2, -0.15) is 0 Å². The van der Waals surface area contributed by atoms with Gasteiger partial charge in [0.15, 0.2) is 0 Å². The highest BCUT2D eigenvalue weighted by Gasteiger charge is 2.21. The number of para-hydroxylation sites is 1. The molecule has 2 nitrogen and oxygen atoms in total. The van der Waals surface area contributed by atoms with Crippen LogP contribution < -0.4 is 5.73 Å². The molecule has 2 aromatic carbocycles. The zero-order valence-electron chi connectivity index (χ0n) is 13.0. The zero-order valence-corrected chi connectivity index (χ0v) is 13.7. The number of nitrogens with two attached hydrogens (primary N) is 1. The van der Waals surface area contributed by atoms with Gasteiger partial charge in [0, 0.05) is 41.1 Å². The fourth-order valence-electron chi connectivity index (χ4n) is 3.12. The van der Waals surface area contributed by atoms with Gasteiger partial charge in [0.05, 0.1) is 0 Å². The van der Waals surface area contributed by atoms with Crippen molar-refractivity contribution in [1.82, 2.24) is 4.57 Å². The van der Waals surface area contributed by atoms with Crippen LogP contribution in [0.1, 0.15) is 24.0 Å². The van der Waals surface area contributed by atoms with Crippen molar-refractivity contribution in [3.63, 3.8) is 0 Å². The predicted octanol–water partition coefficient (Wildman–Crippen LogP) is 4.51. The molecule has 0 aliphatic heterocycles. The Kier molecular flexibility index (Phi) is 4.23. The van der Waals surface area contributed by atoms with Crippen LogP contribution in [0.25, 0.3) is 10.9 Å². The quantitative estimate of drug-likeness (QED) is 0.755. The normalized spacial score (nSPS) is 14.2. The maximum atomic E-state index is 6.31. The van der Waals surface area contributed by atoms with E-state index in [9.17, 15) is 0 Å². The first-order valence-corrected chi connectivity index (χ1v) is 7.98. The van der Waals surface area contributed by atoms with Crippen LogP contribution in [0, 0.1) is 0 Å². The molecule has 3 heteroatoms. The molecule has 0 saturated carbocycles. The Morgan fingerprint density at radius 2 is 1.77 bits per heavy atom. The number of halogens is 1. The molecule has 1 heterocycles. The first kappa shape index (κ1) is 15.1. The van der Waals surface area contributed by atoms with Gasteiger partial charge in [-0.15, -0.1) is 0 Å². The summed E-state index contributed by atoms with van der Waals surface area (Å²) >= 11 is 5.98. The van der Waals surface area contributed by atoms with Crippen LogP contribution in [-0.4, -0.2) is 10.6 Å². The van der Waals surface area contributed by atoms with E-state index in [4.69, 9.17) is 17.3 Å². The minimum Gasteiger partial charge on any atom is -0.350 e. The van der Waals surface area contributed by atoms with E-state index < -0.39 is 0 Å². The summed E-state index contributed by atoms with van der Waals surface area (Å²) < 4.78 is 2.18. The van der Waals surface area contributed by atoms with Crippen molar-refractivity contribution in [2.75, 3.05) is 0 Å². The molecule has 0 fully saturated rings. The molecule has 0 bridgehead atoms. The Hall–Kier alpha value is -1.77. The van der Waals surface area contributed by atoms with Crippen molar-refractivity contribution in [2.45, 2.75) is 25.3 Å². The molecular weight excluding hydrogens is 292 g/mol. The van der Waals surface area contributed by atoms with E-state index in [0.717, 1.165) is 11.4 Å². The molecule has 0 amide bonds. The Bertz CT molecular complexity index is 772. The monoisotopic (exact) mass is 312 g/mol. The number of hydrogen-bond acceptors (Lipinski definition) is 1. The summed E-state index contributed by atoms with van der Waals surface area (Å²) in [5.41, 5.74) is 10.1. The van der Waals surface area contributed by atoms with Gasteiger partial charge in [-0.1, -0.05) is 41.9 Å². The third kappa shape index (κ3) is 2.90. The lowest BCUT2D eigenvalue weighted by atomic mass is 9.87. The summed E-state index contributed by atoms with van der Waals surface area (Å²) in [6, 6.07) is 16.6. The number of aromatic nitrogens is 1. The highest BCUT2D eigenvalue weighted by molar-refractivity contribution is 6.30. The molecule has 3 aromatic rings. The van der Waals surface area contributed by atoms with E-state index in [0.29, 0.717) is 0 Å². The average molecular weight is 313 g/mol. The van der Waals surface area contributed by atoms with Crippen molar-refractivity contribution >= 4 is 22.5 Å². The molecule has 0 saturated heterocycles. The first-order chi connectivity index (χ1) is 10.6. The molecule has 0 unspecified atom stereocenters. The third-order valence-electron chi connectivity index (χ3n) is 4.33. The van der Waals surface area contributed by atoms with Crippen LogP contribution in [0.4, 0.5) is 0 Å². The SMILES string of the molecule is C[C@@H](N)[C@@H](Cc1ccc(Cl)cc1)c1cn(C)c2ccccc12. The fraction of sp³-hybridized carbons (Fsp3) is 0.263. The van der Waals surface area contributed by atoms with Gasteiger partial charge in [-0.25, -0.2) is 0 Å². The number of benzene rings is 2. The predicted molar refractivity (Wildman–Crippen MR) is 94.5 cm³/mol. The van der Waals surface area contributed by atoms with E-state index in [1.807, 2.05) is 12.1 Å². The maximum absolute atomic E-state index is 6.31. The average Bonchev–Trinajstić information content (AvgIpc) is 2.84. The molecular formula is C19H21ClN2. The lowest BCUT2D eigenvalue weighted by molar-refractivity contribution is 0.567. The molecule has 3 rings (SSSR count). The van der Waals surface area contributed by atoms with E-state index in [1.54, 1.807) is 0 Å². The van der Waals surface area contributed by atoms with Crippen LogP contribution in [-0.2, 0) is 13.5 Å². The molecule has 0 aliphatic carbocycles. The third-order valence-corrected chi connectivity index (χ3v) is 4.58. The second kappa shape index (κ2) is 6.15. The summed E-state index contributed by atoms with van der Waals surface area (Å²) in [6.07, 6.45) is 3.14. The lowest BCUT2D eigenvalue weighted by Gasteiger charge is -2.21. The molecule has 0 radical (unpaired) electrons. The summed E-state index contributed by atoms with van der Waals surface area (Å²) in [6.45, 7) is 2.09. The molecule has 1 aromatic heterocycles. The van der Waals surface area contributed by atoms with Gasteiger partial charge in [0.1, 0.15) is 0 Å². The smallest absolute Gasteiger partial charge is 0.0480 e. The van der Waals surface area contributed by atoms with Gasteiger partial charge in [-0.3, -0.25) is 0 Å². The van der Waals surface area contributed by atoms with E-state index >= 15 is 0 Å². The Morgan fingerprint density at radius 3 is 2.45 bits per heavy atom. The summed E-state index contributed by atoms with van der Waals surface area (Å²) in [7, 11) is 2.09. The first-order valence-electron chi connectivity index (χ1n) is 7.60. The minimum absolute atomic E-state index is 0.0847. The molecule has 2 atom stereocenters. The Labute approximate surface area is 136 Å². The number of fused-ring (bicyclic) bond motifs is 1. The fourth-order valence-corrected chi connectivity index (χ4v) is 3.25.